The first-order valence-corrected chi connectivity index (χ1v) is 12.0. The van der Waals surface area contributed by atoms with Crippen LogP contribution in [0.4, 0.5) is 11.4 Å². The van der Waals surface area contributed by atoms with E-state index in [4.69, 9.17) is 16.3 Å². The largest absolute Gasteiger partial charge is 0.457 e. The highest BCUT2D eigenvalue weighted by atomic mass is 35.5. The third-order valence-corrected chi connectivity index (χ3v) is 5.98. The maximum absolute atomic E-state index is 6.47. The quantitative estimate of drug-likeness (QED) is 0.415. The lowest BCUT2D eigenvalue weighted by Gasteiger charge is -2.26. The van der Waals surface area contributed by atoms with E-state index in [1.165, 1.54) is 16.7 Å². The van der Waals surface area contributed by atoms with Crippen molar-refractivity contribution < 1.29 is 4.74 Å². The molecule has 0 aliphatic heterocycles. The Bertz CT molecular complexity index is 1100. The summed E-state index contributed by atoms with van der Waals surface area (Å²) in [6.07, 6.45) is 0. The summed E-state index contributed by atoms with van der Waals surface area (Å²) in [5.74, 6) is 1.51. The van der Waals surface area contributed by atoms with Crippen molar-refractivity contribution in [3.05, 3.63) is 82.4 Å². The van der Waals surface area contributed by atoms with E-state index in [-0.39, 0.29) is 16.2 Å². The van der Waals surface area contributed by atoms with Gasteiger partial charge in [0.1, 0.15) is 11.5 Å². The standard InChI is InChI=1S/C30H38ClNO/c1-28(2,3)20-11-10-12-26(16-20)33-27-18-23(31)17-25(19-27)32-24-14-21(29(4,5)6)13-22(15-24)30(7,8)9/h10-19,32H,1-9H3. The molecule has 0 fully saturated rings. The molecule has 0 aliphatic carbocycles. The van der Waals surface area contributed by atoms with Crippen LogP contribution in [0.25, 0.3) is 0 Å². The molecule has 0 aromatic heterocycles. The van der Waals surface area contributed by atoms with Gasteiger partial charge in [-0.25, -0.2) is 0 Å². The van der Waals surface area contributed by atoms with Crippen LogP contribution in [0.1, 0.15) is 79.0 Å². The molecule has 0 spiro atoms. The first-order valence-electron chi connectivity index (χ1n) is 11.6. The molecule has 0 unspecified atom stereocenters. The first-order chi connectivity index (χ1) is 15.1. The molecule has 1 N–H and O–H groups in total. The Labute approximate surface area is 205 Å². The third kappa shape index (κ3) is 6.77. The molecule has 3 heteroatoms. The smallest absolute Gasteiger partial charge is 0.130 e. The molecule has 0 radical (unpaired) electrons. The number of ether oxygens (including phenoxy) is 1. The minimum atomic E-state index is 0.0539. The number of nitrogens with one attached hydrogen (secondary N) is 1. The molecular formula is C30H38ClNO. The van der Waals surface area contributed by atoms with Crippen LogP contribution < -0.4 is 10.1 Å². The van der Waals surface area contributed by atoms with Gasteiger partial charge in [-0.15, -0.1) is 0 Å². The van der Waals surface area contributed by atoms with Crippen LogP contribution in [-0.4, -0.2) is 0 Å². The van der Waals surface area contributed by atoms with E-state index in [0.29, 0.717) is 10.8 Å². The van der Waals surface area contributed by atoms with E-state index in [9.17, 15) is 0 Å². The number of anilines is 2. The lowest BCUT2D eigenvalue weighted by Crippen LogP contribution is -2.16. The van der Waals surface area contributed by atoms with E-state index < -0.39 is 0 Å². The van der Waals surface area contributed by atoms with E-state index in [0.717, 1.165) is 17.1 Å². The first kappa shape index (κ1) is 25.2. The molecule has 0 bridgehead atoms. The zero-order chi connectivity index (χ0) is 24.6. The Morgan fingerprint density at radius 2 is 1.12 bits per heavy atom. The molecule has 176 valence electrons. The van der Waals surface area contributed by atoms with Crippen molar-refractivity contribution in [2.24, 2.45) is 0 Å². The van der Waals surface area contributed by atoms with Gasteiger partial charge in [0.25, 0.3) is 0 Å². The molecule has 0 saturated heterocycles. The van der Waals surface area contributed by atoms with Crippen molar-refractivity contribution in [2.75, 3.05) is 5.32 Å². The minimum Gasteiger partial charge on any atom is -0.457 e. The van der Waals surface area contributed by atoms with Crippen molar-refractivity contribution in [3.8, 4) is 11.5 Å². The average Bonchev–Trinajstić information content (AvgIpc) is 2.65. The van der Waals surface area contributed by atoms with Crippen molar-refractivity contribution in [1.82, 2.24) is 0 Å². The van der Waals surface area contributed by atoms with Gasteiger partial charge < -0.3 is 10.1 Å². The monoisotopic (exact) mass is 463 g/mol. The third-order valence-electron chi connectivity index (χ3n) is 5.76. The molecule has 0 aliphatic rings. The van der Waals surface area contributed by atoms with Crippen LogP contribution in [0.15, 0.2) is 60.7 Å². The number of hydrogen-bond donors (Lipinski definition) is 1. The van der Waals surface area contributed by atoms with Crippen LogP contribution in [0.5, 0.6) is 11.5 Å². The molecule has 0 heterocycles. The Hall–Kier alpha value is -2.45. The van der Waals surface area contributed by atoms with Crippen LogP contribution in [-0.2, 0) is 16.2 Å². The molecule has 3 rings (SSSR count). The van der Waals surface area contributed by atoms with Crippen molar-refractivity contribution in [3.63, 3.8) is 0 Å². The van der Waals surface area contributed by atoms with Gasteiger partial charge in [-0.1, -0.05) is 92.1 Å². The number of halogens is 1. The molecule has 33 heavy (non-hydrogen) atoms. The Kier molecular flexibility index (Phi) is 6.92. The fraction of sp³-hybridized carbons (Fsp3) is 0.400. The number of rotatable bonds is 4. The van der Waals surface area contributed by atoms with Gasteiger partial charge in [-0.05, 0) is 69.3 Å². The second-order valence-corrected chi connectivity index (χ2v) is 12.4. The zero-order valence-corrected chi connectivity index (χ0v) is 22.3. The van der Waals surface area contributed by atoms with E-state index in [1.54, 1.807) is 0 Å². The minimum absolute atomic E-state index is 0.0539. The van der Waals surface area contributed by atoms with Gasteiger partial charge in [-0.3, -0.25) is 0 Å². The molecular weight excluding hydrogens is 426 g/mol. The van der Waals surface area contributed by atoms with E-state index >= 15 is 0 Å². The lowest BCUT2D eigenvalue weighted by molar-refractivity contribution is 0.479. The summed E-state index contributed by atoms with van der Waals surface area (Å²) in [7, 11) is 0. The second-order valence-electron chi connectivity index (χ2n) is 12.0. The SMILES string of the molecule is CC(C)(C)c1cccc(Oc2cc(Cl)cc(Nc3cc(C(C)(C)C)cc(C(C)(C)C)c3)c2)c1. The molecule has 2 nitrogen and oxygen atoms in total. The zero-order valence-electron chi connectivity index (χ0n) is 21.6. The summed E-state index contributed by atoms with van der Waals surface area (Å²) in [5, 5.41) is 4.20. The lowest BCUT2D eigenvalue weighted by atomic mass is 9.80. The Balaban J connectivity index is 1.94. The molecule has 0 atom stereocenters. The van der Waals surface area contributed by atoms with Crippen LogP contribution >= 0.6 is 11.6 Å². The fourth-order valence-electron chi connectivity index (χ4n) is 3.59. The molecule has 0 saturated carbocycles. The highest BCUT2D eigenvalue weighted by molar-refractivity contribution is 6.31. The summed E-state index contributed by atoms with van der Waals surface area (Å²) in [5.41, 5.74) is 5.95. The fourth-order valence-corrected chi connectivity index (χ4v) is 3.81. The summed E-state index contributed by atoms with van der Waals surface area (Å²) in [4.78, 5) is 0. The molecule has 0 amide bonds. The molecule has 3 aromatic rings. The predicted octanol–water partition coefficient (Wildman–Crippen LogP) is 9.77. The van der Waals surface area contributed by atoms with E-state index in [1.807, 2.05) is 30.3 Å². The van der Waals surface area contributed by atoms with Crippen LogP contribution in [0.3, 0.4) is 0 Å². The summed E-state index contributed by atoms with van der Waals surface area (Å²) < 4.78 is 6.20. The predicted molar refractivity (Wildman–Crippen MR) is 144 cm³/mol. The summed E-state index contributed by atoms with van der Waals surface area (Å²) in [6.45, 7) is 20.1. The Morgan fingerprint density at radius 3 is 1.67 bits per heavy atom. The maximum atomic E-state index is 6.47. The van der Waals surface area contributed by atoms with Crippen molar-refractivity contribution in [1.29, 1.82) is 0 Å². The van der Waals surface area contributed by atoms with Crippen molar-refractivity contribution >= 4 is 23.0 Å². The van der Waals surface area contributed by atoms with Crippen LogP contribution in [0, 0.1) is 0 Å². The maximum Gasteiger partial charge on any atom is 0.130 e. The highest BCUT2D eigenvalue weighted by Gasteiger charge is 2.21. The summed E-state index contributed by atoms with van der Waals surface area (Å²) in [6, 6.07) is 20.8. The highest BCUT2D eigenvalue weighted by Crippen LogP contribution is 2.35. The van der Waals surface area contributed by atoms with Gasteiger partial charge in [-0.2, -0.15) is 0 Å². The average molecular weight is 464 g/mol. The van der Waals surface area contributed by atoms with Gasteiger partial charge in [0, 0.05) is 22.5 Å². The Morgan fingerprint density at radius 1 is 0.576 bits per heavy atom. The molecule has 3 aromatic carbocycles. The second kappa shape index (κ2) is 9.06. The van der Waals surface area contributed by atoms with Gasteiger partial charge in [0.15, 0.2) is 0 Å². The van der Waals surface area contributed by atoms with Crippen molar-refractivity contribution in [2.45, 2.75) is 78.6 Å². The summed E-state index contributed by atoms with van der Waals surface area (Å²) >= 11 is 6.47. The van der Waals surface area contributed by atoms with E-state index in [2.05, 4.69) is 98.0 Å². The normalized spacial score (nSPS) is 12.5. The number of hydrogen-bond acceptors (Lipinski definition) is 2. The van der Waals surface area contributed by atoms with Crippen LogP contribution in [0.2, 0.25) is 5.02 Å². The topological polar surface area (TPSA) is 21.3 Å². The number of benzene rings is 3. The van der Waals surface area contributed by atoms with Gasteiger partial charge in [0.2, 0.25) is 0 Å². The van der Waals surface area contributed by atoms with Gasteiger partial charge in [0.05, 0.1) is 0 Å². The van der Waals surface area contributed by atoms with Gasteiger partial charge >= 0.3 is 0 Å².